The van der Waals surface area contributed by atoms with Crippen LogP contribution < -0.4 is 5.32 Å². The lowest BCUT2D eigenvalue weighted by molar-refractivity contribution is 0.519. The van der Waals surface area contributed by atoms with Crippen molar-refractivity contribution in [2.45, 2.75) is 19.4 Å². The van der Waals surface area contributed by atoms with Gasteiger partial charge in [0.1, 0.15) is 17.5 Å². The Morgan fingerprint density at radius 1 is 1.21 bits per heavy atom. The molecule has 19 heavy (non-hydrogen) atoms. The predicted octanol–water partition coefficient (Wildman–Crippen LogP) is 2.84. The van der Waals surface area contributed by atoms with Crippen LogP contribution in [-0.2, 0) is 0 Å². The maximum atomic E-state index is 13.9. The summed E-state index contributed by atoms with van der Waals surface area (Å²) in [4.78, 5) is 8.28. The number of nitrogens with zero attached hydrogens (tertiary/aromatic N) is 2. The summed E-state index contributed by atoms with van der Waals surface area (Å²) in [5.41, 5.74) is 0.348. The number of aromatic nitrogens is 2. The zero-order valence-corrected chi connectivity index (χ0v) is 10.6. The van der Waals surface area contributed by atoms with Crippen LogP contribution in [0.1, 0.15) is 30.8 Å². The minimum atomic E-state index is -0.596. The van der Waals surface area contributed by atoms with Crippen molar-refractivity contribution < 1.29 is 8.78 Å². The summed E-state index contributed by atoms with van der Waals surface area (Å²) in [5, 5.41) is 3.17. The smallest absolute Gasteiger partial charge is 0.149 e. The molecule has 0 aliphatic heterocycles. The lowest BCUT2D eigenvalue weighted by Crippen LogP contribution is -2.26. The van der Waals surface area contributed by atoms with E-state index in [4.69, 9.17) is 0 Å². The summed E-state index contributed by atoms with van der Waals surface area (Å²) >= 11 is 0. The van der Waals surface area contributed by atoms with Crippen molar-refractivity contribution in [3.8, 4) is 0 Å². The van der Waals surface area contributed by atoms with Crippen LogP contribution in [0, 0.1) is 11.6 Å². The van der Waals surface area contributed by atoms with Crippen LogP contribution in [0.25, 0.3) is 0 Å². The first-order valence-electron chi connectivity index (χ1n) is 6.17. The zero-order chi connectivity index (χ0) is 13.7. The second-order valence-electron chi connectivity index (χ2n) is 4.16. The molecule has 0 saturated carbocycles. The van der Waals surface area contributed by atoms with Crippen molar-refractivity contribution in [1.82, 2.24) is 15.3 Å². The van der Waals surface area contributed by atoms with Crippen molar-refractivity contribution in [2.24, 2.45) is 0 Å². The molecule has 5 heteroatoms. The average Bonchev–Trinajstić information content (AvgIpc) is 2.42. The molecule has 1 unspecified atom stereocenters. The standard InChI is InChI=1S/C14H15F2N3/c1-2-6-17-13(14-18-7-3-8-19-14)11-5-4-10(15)9-12(11)16/h3-5,7-9,13,17H,2,6H2,1H3. The maximum Gasteiger partial charge on any atom is 0.149 e. The second kappa shape index (κ2) is 6.33. The van der Waals surface area contributed by atoms with E-state index in [0.29, 0.717) is 17.9 Å². The minimum absolute atomic E-state index is 0.348. The monoisotopic (exact) mass is 263 g/mol. The van der Waals surface area contributed by atoms with E-state index in [-0.39, 0.29) is 0 Å². The molecular formula is C14H15F2N3. The van der Waals surface area contributed by atoms with Crippen molar-refractivity contribution >= 4 is 0 Å². The van der Waals surface area contributed by atoms with Gasteiger partial charge in [-0.15, -0.1) is 0 Å². The molecule has 1 aromatic carbocycles. The first-order chi connectivity index (χ1) is 9.22. The number of hydrogen-bond acceptors (Lipinski definition) is 3. The Balaban J connectivity index is 2.37. The van der Waals surface area contributed by atoms with Crippen molar-refractivity contribution in [2.75, 3.05) is 6.54 Å². The van der Waals surface area contributed by atoms with Crippen LogP contribution in [0.3, 0.4) is 0 Å². The maximum absolute atomic E-state index is 13.9. The van der Waals surface area contributed by atoms with Crippen LogP contribution in [0.4, 0.5) is 8.78 Å². The van der Waals surface area contributed by atoms with Crippen LogP contribution in [0.2, 0.25) is 0 Å². The first-order valence-corrected chi connectivity index (χ1v) is 6.17. The van der Waals surface area contributed by atoms with E-state index in [1.807, 2.05) is 6.92 Å². The summed E-state index contributed by atoms with van der Waals surface area (Å²) < 4.78 is 26.9. The largest absolute Gasteiger partial charge is 0.304 e. The van der Waals surface area contributed by atoms with Gasteiger partial charge in [-0.3, -0.25) is 0 Å². The van der Waals surface area contributed by atoms with Gasteiger partial charge in [-0.1, -0.05) is 13.0 Å². The molecule has 0 aliphatic rings. The third kappa shape index (κ3) is 3.32. The SMILES string of the molecule is CCCNC(c1ncccn1)c1ccc(F)cc1F. The molecule has 1 N–H and O–H groups in total. The Morgan fingerprint density at radius 3 is 2.58 bits per heavy atom. The number of benzene rings is 1. The van der Waals surface area contributed by atoms with Crippen molar-refractivity contribution in [1.29, 1.82) is 0 Å². The number of hydrogen-bond donors (Lipinski definition) is 1. The Hall–Kier alpha value is -1.88. The highest BCUT2D eigenvalue weighted by Crippen LogP contribution is 2.22. The van der Waals surface area contributed by atoms with Gasteiger partial charge in [0.2, 0.25) is 0 Å². The molecule has 2 aromatic rings. The molecule has 0 saturated heterocycles. The van der Waals surface area contributed by atoms with Gasteiger partial charge in [0.25, 0.3) is 0 Å². The highest BCUT2D eigenvalue weighted by Gasteiger charge is 2.19. The summed E-state index contributed by atoms with van der Waals surface area (Å²) in [5.74, 6) is -0.716. The second-order valence-corrected chi connectivity index (χ2v) is 4.16. The summed E-state index contributed by atoms with van der Waals surface area (Å²) in [6.07, 6.45) is 4.10. The Morgan fingerprint density at radius 2 is 1.95 bits per heavy atom. The van der Waals surface area contributed by atoms with E-state index in [2.05, 4.69) is 15.3 Å². The van der Waals surface area contributed by atoms with Gasteiger partial charge in [0.05, 0.1) is 6.04 Å². The Bertz CT molecular complexity index is 531. The van der Waals surface area contributed by atoms with Crippen LogP contribution in [0.15, 0.2) is 36.7 Å². The normalized spacial score (nSPS) is 12.4. The molecule has 2 rings (SSSR count). The van der Waals surface area contributed by atoms with Gasteiger partial charge in [-0.05, 0) is 25.1 Å². The minimum Gasteiger partial charge on any atom is -0.304 e. The van der Waals surface area contributed by atoms with E-state index in [1.165, 1.54) is 12.1 Å². The third-order valence-corrected chi connectivity index (χ3v) is 2.72. The molecule has 0 amide bonds. The van der Waals surface area contributed by atoms with Gasteiger partial charge in [0, 0.05) is 24.0 Å². The highest BCUT2D eigenvalue weighted by molar-refractivity contribution is 5.27. The van der Waals surface area contributed by atoms with Gasteiger partial charge >= 0.3 is 0 Å². The number of rotatable bonds is 5. The van der Waals surface area contributed by atoms with Crippen LogP contribution in [-0.4, -0.2) is 16.5 Å². The van der Waals surface area contributed by atoms with E-state index in [9.17, 15) is 8.78 Å². The summed E-state index contributed by atoms with van der Waals surface area (Å²) in [6.45, 7) is 2.71. The van der Waals surface area contributed by atoms with E-state index < -0.39 is 17.7 Å². The quantitative estimate of drug-likeness (QED) is 0.901. The van der Waals surface area contributed by atoms with E-state index in [1.54, 1.807) is 18.5 Å². The molecule has 0 fully saturated rings. The van der Waals surface area contributed by atoms with Crippen LogP contribution >= 0.6 is 0 Å². The highest BCUT2D eigenvalue weighted by atomic mass is 19.1. The fourth-order valence-electron chi connectivity index (χ4n) is 1.82. The van der Waals surface area contributed by atoms with Gasteiger partial charge in [0.15, 0.2) is 0 Å². The van der Waals surface area contributed by atoms with E-state index >= 15 is 0 Å². The fourth-order valence-corrected chi connectivity index (χ4v) is 1.82. The number of halogens is 2. The molecule has 0 radical (unpaired) electrons. The molecule has 0 bridgehead atoms. The molecule has 100 valence electrons. The summed E-state index contributed by atoms with van der Waals surface area (Å²) in [7, 11) is 0. The molecule has 3 nitrogen and oxygen atoms in total. The first kappa shape index (κ1) is 13.5. The zero-order valence-electron chi connectivity index (χ0n) is 10.6. The third-order valence-electron chi connectivity index (χ3n) is 2.72. The van der Waals surface area contributed by atoms with Gasteiger partial charge < -0.3 is 5.32 Å². The molecule has 1 heterocycles. The predicted molar refractivity (Wildman–Crippen MR) is 68.5 cm³/mol. The Labute approximate surface area is 110 Å². The lowest BCUT2D eigenvalue weighted by Gasteiger charge is -2.18. The molecule has 0 aliphatic carbocycles. The number of nitrogens with one attached hydrogen (secondary N) is 1. The lowest BCUT2D eigenvalue weighted by atomic mass is 10.0. The molecule has 1 atom stereocenters. The van der Waals surface area contributed by atoms with Crippen LogP contribution in [0.5, 0.6) is 0 Å². The van der Waals surface area contributed by atoms with E-state index in [0.717, 1.165) is 12.5 Å². The van der Waals surface area contributed by atoms with Crippen molar-refractivity contribution in [3.05, 3.63) is 59.7 Å². The molecule has 1 aromatic heterocycles. The topological polar surface area (TPSA) is 37.8 Å². The average molecular weight is 263 g/mol. The summed E-state index contributed by atoms with van der Waals surface area (Å²) in [6, 6.07) is 4.76. The van der Waals surface area contributed by atoms with Gasteiger partial charge in [-0.2, -0.15) is 0 Å². The Kier molecular flexibility index (Phi) is 4.52. The fraction of sp³-hybridized carbons (Fsp3) is 0.286. The molecular weight excluding hydrogens is 248 g/mol. The van der Waals surface area contributed by atoms with Gasteiger partial charge in [-0.25, -0.2) is 18.7 Å². The molecule has 0 spiro atoms. The van der Waals surface area contributed by atoms with Crippen molar-refractivity contribution in [3.63, 3.8) is 0 Å².